The molecule has 1 aromatic rings. The Morgan fingerprint density at radius 1 is 1.05 bits per heavy atom. The van der Waals surface area contributed by atoms with Crippen molar-refractivity contribution >= 4 is 17.9 Å². The van der Waals surface area contributed by atoms with Crippen LogP contribution in [0.2, 0.25) is 0 Å². The molecule has 0 aliphatic heterocycles. The highest BCUT2D eigenvalue weighted by Crippen LogP contribution is 2.11. The first kappa shape index (κ1) is 16.7. The minimum absolute atomic E-state index is 0.146. The van der Waals surface area contributed by atoms with Gasteiger partial charge in [-0.2, -0.15) is 0 Å². The van der Waals surface area contributed by atoms with E-state index < -0.39 is 18.0 Å². The van der Waals surface area contributed by atoms with E-state index in [0.29, 0.717) is 12.0 Å². The summed E-state index contributed by atoms with van der Waals surface area (Å²) >= 11 is 0. The van der Waals surface area contributed by atoms with Crippen molar-refractivity contribution in [1.82, 2.24) is 0 Å². The zero-order valence-electron chi connectivity index (χ0n) is 12.0. The minimum atomic E-state index is -1.03. The van der Waals surface area contributed by atoms with Crippen LogP contribution < -0.4 is 0 Å². The third-order valence-corrected chi connectivity index (χ3v) is 2.80. The molecule has 0 heterocycles. The van der Waals surface area contributed by atoms with Gasteiger partial charge in [-0.1, -0.05) is 18.2 Å². The number of hydrogen-bond donors (Lipinski definition) is 0. The largest absolute Gasteiger partial charge is 0.469 e. The molecule has 0 aliphatic carbocycles. The zero-order chi connectivity index (χ0) is 15.7. The van der Waals surface area contributed by atoms with Crippen LogP contribution in [-0.2, 0) is 23.8 Å². The molecule has 0 aliphatic rings. The van der Waals surface area contributed by atoms with Gasteiger partial charge >= 0.3 is 17.9 Å². The highest BCUT2D eigenvalue weighted by Gasteiger charge is 2.24. The van der Waals surface area contributed by atoms with Crippen LogP contribution in [0.3, 0.4) is 0 Å². The van der Waals surface area contributed by atoms with Gasteiger partial charge in [-0.05, 0) is 25.0 Å². The second kappa shape index (κ2) is 8.73. The van der Waals surface area contributed by atoms with E-state index in [9.17, 15) is 14.4 Å². The maximum Gasteiger partial charge on any atom is 0.347 e. The van der Waals surface area contributed by atoms with Gasteiger partial charge < -0.3 is 14.2 Å². The Morgan fingerprint density at radius 2 is 1.71 bits per heavy atom. The first-order valence-corrected chi connectivity index (χ1v) is 6.49. The van der Waals surface area contributed by atoms with E-state index in [2.05, 4.69) is 9.47 Å². The number of hydrogen-bond acceptors (Lipinski definition) is 6. The molecule has 0 bridgehead atoms. The van der Waals surface area contributed by atoms with Crippen molar-refractivity contribution in [3.63, 3.8) is 0 Å². The minimum Gasteiger partial charge on any atom is -0.469 e. The Hall–Kier alpha value is -2.37. The summed E-state index contributed by atoms with van der Waals surface area (Å²) in [6, 6.07) is 8.34. The molecule has 6 nitrogen and oxygen atoms in total. The van der Waals surface area contributed by atoms with E-state index >= 15 is 0 Å². The molecule has 0 aromatic heterocycles. The molecule has 0 N–H and O–H groups in total. The van der Waals surface area contributed by atoms with Crippen molar-refractivity contribution in [2.45, 2.75) is 25.4 Å². The smallest absolute Gasteiger partial charge is 0.347 e. The lowest BCUT2D eigenvalue weighted by molar-refractivity contribution is -0.151. The number of carbonyl (C=O) groups excluding carboxylic acids is 3. The lowest BCUT2D eigenvalue weighted by Gasteiger charge is -2.15. The molecule has 0 saturated heterocycles. The standard InChI is InChI=1S/C15H18O6/c1-19-13(16)10-6-9-12(15(18)20-2)21-14(17)11-7-4-3-5-8-11/h3-5,7-8,12H,6,9-10H2,1-2H3. The van der Waals surface area contributed by atoms with E-state index in [1.54, 1.807) is 30.3 Å². The fourth-order valence-corrected chi connectivity index (χ4v) is 1.66. The number of ether oxygens (including phenoxy) is 3. The van der Waals surface area contributed by atoms with Crippen molar-refractivity contribution in [2.24, 2.45) is 0 Å². The molecule has 6 heteroatoms. The average molecular weight is 294 g/mol. The first-order valence-electron chi connectivity index (χ1n) is 6.49. The topological polar surface area (TPSA) is 78.9 Å². The van der Waals surface area contributed by atoms with Gasteiger partial charge in [-0.25, -0.2) is 9.59 Å². The Balaban J connectivity index is 2.60. The van der Waals surface area contributed by atoms with E-state index in [4.69, 9.17) is 4.74 Å². The maximum atomic E-state index is 11.9. The number of methoxy groups -OCH3 is 2. The molecule has 0 amide bonds. The van der Waals surface area contributed by atoms with Crippen LogP contribution in [0.4, 0.5) is 0 Å². The predicted octanol–water partition coefficient (Wildman–Crippen LogP) is 1.73. The third-order valence-electron chi connectivity index (χ3n) is 2.80. The van der Waals surface area contributed by atoms with Crippen LogP contribution in [-0.4, -0.2) is 38.2 Å². The molecule has 0 spiro atoms. The monoisotopic (exact) mass is 294 g/mol. The predicted molar refractivity (Wildman–Crippen MR) is 73.5 cm³/mol. The van der Waals surface area contributed by atoms with Crippen LogP contribution in [0.25, 0.3) is 0 Å². The summed E-state index contributed by atoms with van der Waals surface area (Å²) in [4.78, 5) is 34.5. The Kier molecular flexibility index (Phi) is 6.94. The molecule has 1 aromatic carbocycles. The van der Waals surface area contributed by atoms with Crippen LogP contribution in [0.5, 0.6) is 0 Å². The molecule has 0 saturated carbocycles. The summed E-state index contributed by atoms with van der Waals surface area (Å²) in [5.41, 5.74) is 0.347. The second-order valence-electron chi connectivity index (χ2n) is 4.25. The average Bonchev–Trinajstić information content (AvgIpc) is 2.53. The SMILES string of the molecule is COC(=O)CCCC(OC(=O)c1ccccc1)C(=O)OC. The second-order valence-corrected chi connectivity index (χ2v) is 4.25. The van der Waals surface area contributed by atoms with Crippen LogP contribution >= 0.6 is 0 Å². The summed E-state index contributed by atoms with van der Waals surface area (Å²) in [5, 5.41) is 0. The Bertz CT molecular complexity index is 482. The molecule has 1 unspecified atom stereocenters. The van der Waals surface area contributed by atoms with Crippen LogP contribution in [0, 0.1) is 0 Å². The third kappa shape index (κ3) is 5.64. The van der Waals surface area contributed by atoms with E-state index in [0.717, 1.165) is 0 Å². The van der Waals surface area contributed by atoms with Crippen LogP contribution in [0.15, 0.2) is 30.3 Å². The fraction of sp³-hybridized carbons (Fsp3) is 0.400. The van der Waals surface area contributed by atoms with E-state index in [1.807, 2.05) is 0 Å². The van der Waals surface area contributed by atoms with Gasteiger partial charge in [0.15, 0.2) is 6.10 Å². The highest BCUT2D eigenvalue weighted by molar-refractivity contribution is 5.91. The number of rotatable bonds is 7. The quantitative estimate of drug-likeness (QED) is 0.563. The molecule has 1 atom stereocenters. The van der Waals surface area contributed by atoms with Gasteiger partial charge in [-0.15, -0.1) is 0 Å². The summed E-state index contributed by atoms with van der Waals surface area (Å²) < 4.78 is 14.2. The van der Waals surface area contributed by atoms with Gasteiger partial charge in [0.05, 0.1) is 19.8 Å². The molecular weight excluding hydrogens is 276 g/mol. The molecule has 0 fully saturated rings. The number of carbonyl (C=O) groups is 3. The molecule has 1 rings (SSSR count). The summed E-state index contributed by atoms with van der Waals surface area (Å²) in [6.45, 7) is 0. The van der Waals surface area contributed by atoms with Crippen molar-refractivity contribution in [1.29, 1.82) is 0 Å². The maximum absolute atomic E-state index is 11.9. The number of benzene rings is 1. The normalized spacial score (nSPS) is 11.3. The van der Waals surface area contributed by atoms with Gasteiger partial charge in [0.25, 0.3) is 0 Å². The summed E-state index contributed by atoms with van der Waals surface area (Å²) in [5.74, 6) is -1.64. The summed E-state index contributed by atoms with van der Waals surface area (Å²) in [6.07, 6.45) is -0.339. The molecule has 114 valence electrons. The molecule has 21 heavy (non-hydrogen) atoms. The Morgan fingerprint density at radius 3 is 2.29 bits per heavy atom. The van der Waals surface area contributed by atoms with Crippen molar-refractivity contribution < 1.29 is 28.6 Å². The van der Waals surface area contributed by atoms with Gasteiger partial charge in [0.2, 0.25) is 0 Å². The molecule has 0 radical (unpaired) electrons. The van der Waals surface area contributed by atoms with Gasteiger partial charge in [0, 0.05) is 6.42 Å². The van der Waals surface area contributed by atoms with E-state index in [-0.39, 0.29) is 18.8 Å². The zero-order valence-corrected chi connectivity index (χ0v) is 12.0. The summed E-state index contributed by atoms with van der Waals surface area (Å²) in [7, 11) is 2.50. The van der Waals surface area contributed by atoms with E-state index in [1.165, 1.54) is 14.2 Å². The fourth-order valence-electron chi connectivity index (χ4n) is 1.66. The van der Waals surface area contributed by atoms with Crippen molar-refractivity contribution in [3.05, 3.63) is 35.9 Å². The van der Waals surface area contributed by atoms with Crippen molar-refractivity contribution in [2.75, 3.05) is 14.2 Å². The van der Waals surface area contributed by atoms with Crippen molar-refractivity contribution in [3.8, 4) is 0 Å². The van der Waals surface area contributed by atoms with Gasteiger partial charge in [0.1, 0.15) is 0 Å². The van der Waals surface area contributed by atoms with Gasteiger partial charge in [-0.3, -0.25) is 4.79 Å². The lowest BCUT2D eigenvalue weighted by atomic mass is 10.1. The first-order chi connectivity index (χ1) is 10.1. The Labute approximate surface area is 123 Å². The van der Waals surface area contributed by atoms with Crippen LogP contribution in [0.1, 0.15) is 29.6 Å². The number of esters is 3. The lowest BCUT2D eigenvalue weighted by Crippen LogP contribution is -2.28. The highest BCUT2D eigenvalue weighted by atomic mass is 16.6. The molecular formula is C15H18O6.